The van der Waals surface area contributed by atoms with Crippen molar-refractivity contribution in [2.24, 2.45) is 0 Å². The highest BCUT2D eigenvalue weighted by Gasteiger charge is 2.26. The van der Waals surface area contributed by atoms with Gasteiger partial charge in [0.15, 0.2) is 0 Å². The molecule has 1 aromatic carbocycles. The van der Waals surface area contributed by atoms with Crippen LogP contribution in [0, 0.1) is 38.9 Å². The molecule has 26 heavy (non-hydrogen) atoms. The monoisotopic (exact) mass is 388 g/mol. The maximum atomic E-state index is 11.1. The van der Waals surface area contributed by atoms with Crippen molar-refractivity contribution in [3.63, 3.8) is 0 Å². The molecular weight excluding hydrogens is 372 g/mol. The van der Waals surface area contributed by atoms with Gasteiger partial charge in [-0.15, -0.1) is 0 Å². The molecule has 0 amide bonds. The Hall–Kier alpha value is -2.77. The predicted molar refractivity (Wildman–Crippen MR) is 98.1 cm³/mol. The van der Waals surface area contributed by atoms with E-state index >= 15 is 0 Å². The molecule has 134 valence electrons. The zero-order chi connectivity index (χ0) is 19.4. The van der Waals surface area contributed by atoms with E-state index in [1.807, 2.05) is 39.8 Å². The minimum Gasteiger partial charge on any atom is -0.343 e. The predicted octanol–water partition coefficient (Wildman–Crippen LogP) is 3.05. The molecule has 0 atom stereocenters. The van der Waals surface area contributed by atoms with E-state index in [1.165, 1.54) is 0 Å². The average molecular weight is 388 g/mol. The molecule has 0 fully saturated rings. The van der Waals surface area contributed by atoms with E-state index < -0.39 is 20.1 Å². The van der Waals surface area contributed by atoms with E-state index in [9.17, 15) is 24.2 Å². The molecule has 0 saturated heterocycles. The first-order valence-corrected chi connectivity index (χ1v) is 10.9. The van der Waals surface area contributed by atoms with Gasteiger partial charge in [-0.25, -0.2) is 0 Å². The number of hydrogen-bond donors (Lipinski definition) is 0. The molecule has 0 bridgehead atoms. The molecule has 0 aliphatic rings. The van der Waals surface area contributed by atoms with E-state index in [0.717, 1.165) is 23.2 Å². The number of aromatic nitrogens is 1. The molecule has 1 heterocycles. The Balaban J connectivity index is 2.32. The van der Waals surface area contributed by atoms with Crippen molar-refractivity contribution in [1.29, 1.82) is 15.8 Å². The van der Waals surface area contributed by atoms with Gasteiger partial charge in [-0.1, -0.05) is 12.1 Å². The summed E-state index contributed by atoms with van der Waals surface area (Å²) in [6.45, 7) is 2.27. The minimum atomic E-state index is -3.50. The second-order valence-electron chi connectivity index (χ2n) is 5.45. The summed E-state index contributed by atoms with van der Waals surface area (Å²) < 4.78 is 28.9. The topological polar surface area (TPSA) is 120 Å². The Bertz CT molecular complexity index is 1000. The standard InChI is InChI=1S/C17H16N4O3S2/c1-14-3-8-17(21(14)9-10-24-25(2,22)23)15-4-6-16(7-5-15)26(11-18,12-19)13-20/h3-8H,9-10H2,1-2H3. The molecule has 0 aliphatic heterocycles. The number of hydrogen-bond acceptors (Lipinski definition) is 6. The molecule has 0 N–H and O–H groups in total. The first-order valence-electron chi connectivity index (χ1n) is 7.43. The lowest BCUT2D eigenvalue weighted by molar-refractivity contribution is 0.304. The van der Waals surface area contributed by atoms with E-state index in [4.69, 9.17) is 4.18 Å². The number of benzene rings is 1. The normalized spacial score (nSPS) is 12.0. The van der Waals surface area contributed by atoms with Gasteiger partial charge in [0.1, 0.15) is 16.2 Å². The molecule has 9 heteroatoms. The lowest BCUT2D eigenvalue weighted by atomic mass is 10.1. The maximum Gasteiger partial charge on any atom is 0.264 e. The van der Waals surface area contributed by atoms with Crippen LogP contribution in [0.1, 0.15) is 5.69 Å². The zero-order valence-electron chi connectivity index (χ0n) is 14.2. The van der Waals surface area contributed by atoms with Crippen molar-refractivity contribution in [3.05, 3.63) is 42.1 Å². The van der Waals surface area contributed by atoms with Crippen molar-refractivity contribution >= 4 is 20.1 Å². The van der Waals surface area contributed by atoms with Gasteiger partial charge in [0.05, 0.1) is 22.9 Å². The van der Waals surface area contributed by atoms with E-state index in [-0.39, 0.29) is 6.61 Å². The fourth-order valence-electron chi connectivity index (χ4n) is 2.45. The first kappa shape index (κ1) is 19.6. The smallest absolute Gasteiger partial charge is 0.264 e. The summed E-state index contributed by atoms with van der Waals surface area (Å²) in [5.74, 6) is 0. The molecule has 0 radical (unpaired) electrons. The van der Waals surface area contributed by atoms with E-state index in [1.54, 1.807) is 24.3 Å². The van der Waals surface area contributed by atoms with Gasteiger partial charge in [-0.05, 0) is 36.8 Å². The molecule has 0 aliphatic carbocycles. The van der Waals surface area contributed by atoms with Gasteiger partial charge in [0.2, 0.25) is 0 Å². The Morgan fingerprint density at radius 3 is 2.08 bits per heavy atom. The van der Waals surface area contributed by atoms with Gasteiger partial charge in [-0.3, -0.25) is 4.18 Å². The largest absolute Gasteiger partial charge is 0.343 e. The van der Waals surface area contributed by atoms with Crippen molar-refractivity contribution in [2.75, 3.05) is 12.9 Å². The lowest BCUT2D eigenvalue weighted by Crippen LogP contribution is -2.12. The van der Waals surface area contributed by atoms with Gasteiger partial charge < -0.3 is 4.57 Å². The van der Waals surface area contributed by atoms with Crippen LogP contribution in [0.15, 0.2) is 41.3 Å². The van der Waals surface area contributed by atoms with Crippen LogP contribution in [0.3, 0.4) is 0 Å². The van der Waals surface area contributed by atoms with Crippen LogP contribution in [0.4, 0.5) is 0 Å². The molecule has 0 unspecified atom stereocenters. The second kappa shape index (κ2) is 7.63. The van der Waals surface area contributed by atoms with Crippen LogP contribution in [0.25, 0.3) is 11.3 Å². The zero-order valence-corrected chi connectivity index (χ0v) is 15.8. The third-order valence-electron chi connectivity index (χ3n) is 3.73. The molecule has 1 aromatic heterocycles. The number of rotatable bonds is 6. The third-order valence-corrected chi connectivity index (χ3v) is 6.12. The van der Waals surface area contributed by atoms with Gasteiger partial charge >= 0.3 is 0 Å². The summed E-state index contributed by atoms with van der Waals surface area (Å²) in [6.07, 6.45) is 1.00. The summed E-state index contributed by atoms with van der Waals surface area (Å²) in [5, 5.41) is 33.1. The molecule has 7 nitrogen and oxygen atoms in total. The summed E-state index contributed by atoms with van der Waals surface area (Å²) in [6, 6.07) is 10.5. The number of nitriles is 3. The fraction of sp³-hybridized carbons (Fsp3) is 0.235. The Morgan fingerprint density at radius 2 is 1.58 bits per heavy atom. The Morgan fingerprint density at radius 1 is 1.00 bits per heavy atom. The highest BCUT2D eigenvalue weighted by atomic mass is 32.3. The van der Waals surface area contributed by atoms with Crippen LogP contribution in [-0.4, -0.2) is 25.8 Å². The lowest BCUT2D eigenvalue weighted by Gasteiger charge is -2.16. The quantitative estimate of drug-likeness (QED) is 0.554. The van der Waals surface area contributed by atoms with Gasteiger partial charge in [-0.2, -0.15) is 24.2 Å². The van der Waals surface area contributed by atoms with Gasteiger partial charge in [0, 0.05) is 22.8 Å². The van der Waals surface area contributed by atoms with Crippen LogP contribution in [0.2, 0.25) is 0 Å². The highest BCUT2D eigenvalue weighted by Crippen LogP contribution is 2.52. The SMILES string of the molecule is Cc1ccc(-c2ccc(S(C#N)(C#N)C#N)cc2)n1CCOS(C)(=O)=O. The molecule has 2 aromatic rings. The van der Waals surface area contributed by atoms with E-state index in [2.05, 4.69) is 0 Å². The summed E-state index contributed by atoms with van der Waals surface area (Å²) >= 11 is 0. The number of nitrogens with zero attached hydrogens (tertiary/aromatic N) is 4. The first-order chi connectivity index (χ1) is 12.3. The number of aryl methyl sites for hydroxylation is 1. The van der Waals surface area contributed by atoms with Crippen molar-refractivity contribution in [3.8, 4) is 27.5 Å². The summed E-state index contributed by atoms with van der Waals surface area (Å²) in [4.78, 5) is 0.393. The maximum absolute atomic E-state index is 11.1. The Labute approximate surface area is 154 Å². The molecule has 0 spiro atoms. The van der Waals surface area contributed by atoms with Gasteiger partial charge in [0.25, 0.3) is 10.1 Å². The average Bonchev–Trinajstić information content (AvgIpc) is 2.97. The third kappa shape index (κ3) is 4.07. The molecular formula is C17H16N4O3S2. The molecule has 2 rings (SSSR count). The minimum absolute atomic E-state index is 0.0179. The van der Waals surface area contributed by atoms with Crippen molar-refractivity contribution < 1.29 is 12.6 Å². The summed E-state index contributed by atoms with van der Waals surface area (Å²) in [7, 11) is -6.30. The van der Waals surface area contributed by atoms with Crippen LogP contribution in [-0.2, 0) is 20.8 Å². The van der Waals surface area contributed by atoms with Crippen molar-refractivity contribution in [1.82, 2.24) is 4.57 Å². The van der Waals surface area contributed by atoms with E-state index in [0.29, 0.717) is 11.4 Å². The fourth-order valence-corrected chi connectivity index (χ4v) is 3.81. The van der Waals surface area contributed by atoms with Crippen molar-refractivity contribution in [2.45, 2.75) is 18.4 Å². The highest BCUT2D eigenvalue weighted by molar-refractivity contribution is 8.44. The second-order valence-corrected chi connectivity index (χ2v) is 9.34. The van der Waals surface area contributed by atoms with Crippen LogP contribution in [0.5, 0.6) is 0 Å². The number of thiocyanates is 3. The Kier molecular flexibility index (Phi) is 5.74. The van der Waals surface area contributed by atoms with Crippen LogP contribution >= 0.6 is 10.0 Å². The van der Waals surface area contributed by atoms with Crippen LogP contribution < -0.4 is 0 Å². The summed E-state index contributed by atoms with van der Waals surface area (Å²) in [5.41, 5.74) is 2.60. The molecule has 0 saturated carbocycles.